The highest BCUT2D eigenvalue weighted by molar-refractivity contribution is 6.10. The number of nitrogens with zero attached hydrogens (tertiary/aromatic N) is 2. The van der Waals surface area contributed by atoms with E-state index in [0.29, 0.717) is 6.54 Å². The van der Waals surface area contributed by atoms with Crippen molar-refractivity contribution >= 4 is 22.5 Å². The molecule has 0 saturated carbocycles. The zero-order valence-corrected chi connectivity index (χ0v) is 16.3. The standard InChI is InChI=1S/C23H26N4O/c1-26-12-3-13-27(15-14-26)17-8-6-16(7-9-17)22-18-10-11-24-23(28)19-4-2-5-20(25-22)21(18)19/h2,4-9,25H,3,10-15H2,1H3,(H,24,28). The first-order chi connectivity index (χ1) is 13.7. The maximum atomic E-state index is 12.4. The first-order valence-corrected chi connectivity index (χ1v) is 10.2. The molecule has 2 N–H and O–H groups in total. The van der Waals surface area contributed by atoms with E-state index >= 15 is 0 Å². The largest absolute Gasteiger partial charge is 0.370 e. The van der Waals surface area contributed by atoms with Gasteiger partial charge in [-0.05, 0) is 61.8 Å². The van der Waals surface area contributed by atoms with E-state index in [0.717, 1.165) is 48.2 Å². The summed E-state index contributed by atoms with van der Waals surface area (Å²) in [6.07, 6.45) is 2.05. The Hall–Kier alpha value is -2.79. The number of carbonyl (C=O) groups excluding carboxylic acids is 1. The van der Waals surface area contributed by atoms with Crippen LogP contribution in [0.25, 0.3) is 22.2 Å². The van der Waals surface area contributed by atoms with Crippen molar-refractivity contribution in [1.82, 2.24) is 15.2 Å². The second-order valence-electron chi connectivity index (χ2n) is 7.90. The van der Waals surface area contributed by atoms with Crippen LogP contribution in [0.2, 0.25) is 0 Å². The number of H-pyrrole nitrogens is 1. The van der Waals surface area contributed by atoms with Crippen molar-refractivity contribution in [2.45, 2.75) is 12.8 Å². The molecule has 0 atom stereocenters. The summed E-state index contributed by atoms with van der Waals surface area (Å²) in [7, 11) is 2.20. The van der Waals surface area contributed by atoms with Gasteiger partial charge < -0.3 is 20.1 Å². The summed E-state index contributed by atoms with van der Waals surface area (Å²) in [5.41, 5.74) is 6.67. The fourth-order valence-corrected chi connectivity index (χ4v) is 4.54. The Balaban J connectivity index is 1.51. The van der Waals surface area contributed by atoms with E-state index in [1.165, 1.54) is 29.8 Å². The van der Waals surface area contributed by atoms with Crippen molar-refractivity contribution in [3.05, 3.63) is 53.6 Å². The number of benzene rings is 2. The van der Waals surface area contributed by atoms with E-state index in [1.807, 2.05) is 12.1 Å². The third-order valence-corrected chi connectivity index (χ3v) is 6.07. The Morgan fingerprint density at radius 1 is 0.964 bits per heavy atom. The van der Waals surface area contributed by atoms with Crippen molar-refractivity contribution in [1.29, 1.82) is 0 Å². The maximum Gasteiger partial charge on any atom is 0.251 e. The van der Waals surface area contributed by atoms with Gasteiger partial charge in [-0.25, -0.2) is 0 Å². The molecule has 2 aliphatic heterocycles. The van der Waals surface area contributed by atoms with E-state index in [2.05, 4.69) is 57.5 Å². The van der Waals surface area contributed by atoms with Crippen molar-refractivity contribution in [3.8, 4) is 11.3 Å². The van der Waals surface area contributed by atoms with Gasteiger partial charge >= 0.3 is 0 Å². The quantitative estimate of drug-likeness (QED) is 0.724. The third-order valence-electron chi connectivity index (χ3n) is 6.07. The number of hydrogen-bond acceptors (Lipinski definition) is 3. The fraction of sp³-hybridized carbons (Fsp3) is 0.348. The Bertz CT molecular complexity index is 1020. The number of anilines is 1. The van der Waals surface area contributed by atoms with Gasteiger partial charge in [0.25, 0.3) is 5.91 Å². The molecule has 3 aromatic rings. The fourth-order valence-electron chi connectivity index (χ4n) is 4.54. The van der Waals surface area contributed by atoms with Crippen LogP contribution in [0.4, 0.5) is 5.69 Å². The van der Waals surface area contributed by atoms with Crippen LogP contribution in [0.3, 0.4) is 0 Å². The lowest BCUT2D eigenvalue weighted by Gasteiger charge is -2.23. The molecule has 1 amide bonds. The Labute approximate surface area is 165 Å². The summed E-state index contributed by atoms with van der Waals surface area (Å²) in [4.78, 5) is 20.8. The summed E-state index contributed by atoms with van der Waals surface area (Å²) in [5, 5.41) is 4.09. The lowest BCUT2D eigenvalue weighted by molar-refractivity contribution is 0.0957. The van der Waals surface area contributed by atoms with Gasteiger partial charge in [0.2, 0.25) is 0 Å². The van der Waals surface area contributed by atoms with E-state index < -0.39 is 0 Å². The second kappa shape index (κ2) is 6.99. The molecule has 2 aliphatic rings. The van der Waals surface area contributed by atoms with Crippen LogP contribution in [-0.2, 0) is 6.42 Å². The van der Waals surface area contributed by atoms with Crippen molar-refractivity contribution in [2.75, 3.05) is 44.7 Å². The number of aromatic nitrogens is 1. The number of hydrogen-bond donors (Lipinski definition) is 2. The SMILES string of the molecule is CN1CCCN(c2ccc(-c3[nH]c4cccc5c4c3CCNC5=O)cc2)CC1. The van der Waals surface area contributed by atoms with Crippen LogP contribution < -0.4 is 10.2 Å². The summed E-state index contributed by atoms with van der Waals surface area (Å²) < 4.78 is 0. The summed E-state index contributed by atoms with van der Waals surface area (Å²) in [6, 6.07) is 14.8. The molecule has 5 rings (SSSR count). The molecule has 0 radical (unpaired) electrons. The summed E-state index contributed by atoms with van der Waals surface area (Å²) in [6.45, 7) is 5.13. The van der Waals surface area contributed by atoms with Crippen molar-refractivity contribution in [2.24, 2.45) is 0 Å². The van der Waals surface area contributed by atoms with Gasteiger partial charge in [-0.15, -0.1) is 0 Å². The van der Waals surface area contributed by atoms with Gasteiger partial charge in [-0.1, -0.05) is 18.2 Å². The molecule has 2 aromatic carbocycles. The van der Waals surface area contributed by atoms with E-state index in [1.54, 1.807) is 0 Å². The smallest absolute Gasteiger partial charge is 0.251 e. The lowest BCUT2D eigenvalue weighted by Crippen LogP contribution is -2.28. The first-order valence-electron chi connectivity index (χ1n) is 10.2. The van der Waals surface area contributed by atoms with Crippen LogP contribution in [-0.4, -0.2) is 55.6 Å². The molecular weight excluding hydrogens is 348 g/mol. The topological polar surface area (TPSA) is 51.4 Å². The van der Waals surface area contributed by atoms with Crippen LogP contribution in [0.15, 0.2) is 42.5 Å². The second-order valence-corrected chi connectivity index (χ2v) is 7.90. The van der Waals surface area contributed by atoms with E-state index in [-0.39, 0.29) is 5.91 Å². The molecule has 1 fully saturated rings. The monoisotopic (exact) mass is 374 g/mol. The molecule has 0 spiro atoms. The highest BCUT2D eigenvalue weighted by Crippen LogP contribution is 2.34. The molecule has 0 aliphatic carbocycles. The predicted molar refractivity (Wildman–Crippen MR) is 114 cm³/mol. The summed E-state index contributed by atoms with van der Waals surface area (Å²) >= 11 is 0. The molecule has 1 saturated heterocycles. The Morgan fingerprint density at radius 2 is 1.82 bits per heavy atom. The van der Waals surface area contributed by atoms with Gasteiger partial charge in [0.05, 0.1) is 0 Å². The summed E-state index contributed by atoms with van der Waals surface area (Å²) in [5.74, 6) is 0.0244. The van der Waals surface area contributed by atoms with E-state index in [4.69, 9.17) is 0 Å². The van der Waals surface area contributed by atoms with Gasteiger partial charge in [-0.2, -0.15) is 0 Å². The highest BCUT2D eigenvalue weighted by atomic mass is 16.1. The number of nitrogens with one attached hydrogen (secondary N) is 2. The van der Waals surface area contributed by atoms with E-state index in [9.17, 15) is 4.79 Å². The normalized spacial score (nSPS) is 18.0. The van der Waals surface area contributed by atoms with Crippen LogP contribution >= 0.6 is 0 Å². The zero-order chi connectivity index (χ0) is 19.1. The Kier molecular flexibility index (Phi) is 4.32. The third kappa shape index (κ3) is 2.96. The molecule has 5 nitrogen and oxygen atoms in total. The molecular formula is C23H26N4O. The number of carbonyl (C=O) groups is 1. The van der Waals surface area contributed by atoms with Gasteiger partial charge in [0.1, 0.15) is 0 Å². The van der Waals surface area contributed by atoms with Gasteiger partial charge in [-0.3, -0.25) is 4.79 Å². The molecule has 3 heterocycles. The molecule has 144 valence electrons. The molecule has 28 heavy (non-hydrogen) atoms. The van der Waals surface area contributed by atoms with Gasteiger partial charge in [0.15, 0.2) is 0 Å². The number of aromatic amines is 1. The first kappa shape index (κ1) is 17.3. The van der Waals surface area contributed by atoms with Crippen LogP contribution in [0, 0.1) is 0 Å². The highest BCUT2D eigenvalue weighted by Gasteiger charge is 2.22. The average Bonchev–Trinajstić information content (AvgIpc) is 2.83. The Morgan fingerprint density at radius 3 is 2.68 bits per heavy atom. The minimum absolute atomic E-state index is 0.0244. The maximum absolute atomic E-state index is 12.4. The van der Waals surface area contributed by atoms with Crippen molar-refractivity contribution in [3.63, 3.8) is 0 Å². The number of rotatable bonds is 2. The minimum atomic E-state index is 0.0244. The van der Waals surface area contributed by atoms with Crippen LogP contribution in [0.1, 0.15) is 22.3 Å². The predicted octanol–water partition coefficient (Wildman–Crippen LogP) is 3.26. The molecule has 1 aromatic heterocycles. The molecule has 5 heteroatoms. The van der Waals surface area contributed by atoms with Crippen LogP contribution in [0.5, 0.6) is 0 Å². The molecule has 0 unspecified atom stereocenters. The number of likely N-dealkylation sites (N-methyl/N-ethyl adjacent to an activating group) is 1. The van der Waals surface area contributed by atoms with Gasteiger partial charge in [0, 0.05) is 54.0 Å². The minimum Gasteiger partial charge on any atom is -0.370 e. The van der Waals surface area contributed by atoms with Crippen molar-refractivity contribution < 1.29 is 4.79 Å². The zero-order valence-electron chi connectivity index (χ0n) is 16.3. The number of amides is 1. The average molecular weight is 374 g/mol. The molecule has 0 bridgehead atoms. The lowest BCUT2D eigenvalue weighted by atomic mass is 10.00.